The maximum absolute atomic E-state index is 13.0. The van der Waals surface area contributed by atoms with Crippen molar-refractivity contribution in [1.82, 2.24) is 29.8 Å². The normalized spacial score (nSPS) is 16.6. The Morgan fingerprint density at radius 1 is 1.19 bits per heavy atom. The lowest BCUT2D eigenvalue weighted by Crippen LogP contribution is -2.20. The van der Waals surface area contributed by atoms with Crippen LogP contribution in [0.2, 0.25) is 0 Å². The number of alkyl halides is 3. The number of fused-ring (bicyclic) bond motifs is 2. The van der Waals surface area contributed by atoms with Crippen molar-refractivity contribution in [2.24, 2.45) is 7.05 Å². The first-order chi connectivity index (χ1) is 14.7. The van der Waals surface area contributed by atoms with E-state index in [1.54, 1.807) is 10.7 Å². The summed E-state index contributed by atoms with van der Waals surface area (Å²) in [6, 6.07) is 5.39. The summed E-state index contributed by atoms with van der Waals surface area (Å²) in [4.78, 5) is 4.52. The lowest BCUT2D eigenvalue weighted by Gasteiger charge is -2.21. The van der Waals surface area contributed by atoms with Gasteiger partial charge >= 0.3 is 6.18 Å². The Morgan fingerprint density at radius 3 is 2.74 bits per heavy atom. The third-order valence-corrected chi connectivity index (χ3v) is 5.83. The lowest BCUT2D eigenvalue weighted by molar-refractivity contribution is -0.137. The molecule has 0 amide bonds. The minimum Gasteiger partial charge on any atom is -0.507 e. The molecule has 0 unspecified atom stereocenters. The van der Waals surface area contributed by atoms with Crippen LogP contribution < -0.4 is 0 Å². The van der Waals surface area contributed by atoms with Gasteiger partial charge < -0.3 is 5.11 Å². The van der Waals surface area contributed by atoms with Crippen molar-refractivity contribution < 1.29 is 18.3 Å². The minimum atomic E-state index is -4.53. The summed E-state index contributed by atoms with van der Waals surface area (Å²) < 4.78 is 42.7. The highest BCUT2D eigenvalue weighted by atomic mass is 19.4. The summed E-state index contributed by atoms with van der Waals surface area (Å²) in [5.74, 6) is -0.456. The molecule has 1 aliphatic carbocycles. The van der Waals surface area contributed by atoms with Crippen molar-refractivity contribution in [2.45, 2.75) is 38.4 Å². The number of benzene rings is 1. The molecule has 5 rings (SSSR count). The van der Waals surface area contributed by atoms with Crippen LogP contribution in [0.25, 0.3) is 22.3 Å². The fourth-order valence-electron chi connectivity index (χ4n) is 4.23. The zero-order chi connectivity index (χ0) is 21.9. The van der Waals surface area contributed by atoms with Gasteiger partial charge in [-0.25, -0.2) is 4.98 Å². The van der Waals surface area contributed by atoms with Gasteiger partial charge in [-0.15, -0.1) is 5.10 Å². The zero-order valence-corrected chi connectivity index (χ0v) is 16.8. The number of aromatic nitrogens is 6. The molecule has 1 aromatic carbocycles. The molecule has 4 aromatic rings. The van der Waals surface area contributed by atoms with Gasteiger partial charge in [0.15, 0.2) is 5.65 Å². The van der Waals surface area contributed by atoms with Gasteiger partial charge in [0.05, 0.1) is 28.7 Å². The van der Waals surface area contributed by atoms with E-state index in [4.69, 9.17) is 0 Å². The number of pyridine rings is 1. The van der Waals surface area contributed by atoms with Gasteiger partial charge in [0.25, 0.3) is 0 Å². The van der Waals surface area contributed by atoms with Crippen LogP contribution in [0.3, 0.4) is 0 Å². The lowest BCUT2D eigenvalue weighted by atomic mass is 9.96. The van der Waals surface area contributed by atoms with E-state index >= 15 is 0 Å². The predicted molar refractivity (Wildman–Crippen MR) is 106 cm³/mol. The summed E-state index contributed by atoms with van der Waals surface area (Å²) in [5, 5.41) is 24.0. The van der Waals surface area contributed by atoms with E-state index in [1.165, 1.54) is 6.92 Å². The number of halogens is 3. The van der Waals surface area contributed by atoms with Crippen molar-refractivity contribution >= 4 is 11.0 Å². The van der Waals surface area contributed by atoms with Crippen LogP contribution in [0.5, 0.6) is 5.75 Å². The molecule has 0 radical (unpaired) electrons. The van der Waals surface area contributed by atoms with E-state index < -0.39 is 17.5 Å². The average Bonchev–Trinajstić information content (AvgIpc) is 3.30. The van der Waals surface area contributed by atoms with Crippen LogP contribution in [0.4, 0.5) is 13.2 Å². The standard InChI is InChI=1S/C21H19F3N6O/c1-11-7-13(21(22,23)24)8-18(31)19(11)16-5-3-12-10-30(27-20(12)25-16)14-4-6-15-17(9-14)29(2)28-26-15/h3,5,7-8,10,14,31H,4,6,9H2,1-2H3/t14-/m0/s1. The zero-order valence-electron chi connectivity index (χ0n) is 16.8. The van der Waals surface area contributed by atoms with E-state index in [0.29, 0.717) is 16.9 Å². The highest BCUT2D eigenvalue weighted by molar-refractivity contribution is 5.80. The van der Waals surface area contributed by atoms with Gasteiger partial charge in [-0.2, -0.15) is 18.3 Å². The molecule has 0 fully saturated rings. The first-order valence-corrected chi connectivity index (χ1v) is 9.85. The Bertz CT molecular complexity index is 1280. The SMILES string of the molecule is Cc1cc(C(F)(F)F)cc(O)c1-c1ccc2cn([C@H]3CCc4nnn(C)c4C3)nc2n1. The minimum absolute atomic E-state index is 0.142. The molecular formula is C21H19F3N6O. The maximum atomic E-state index is 13.0. The number of rotatable bonds is 2. The number of aryl methyl sites for hydroxylation is 3. The average molecular weight is 428 g/mol. The van der Waals surface area contributed by atoms with Crippen molar-refractivity contribution in [3.63, 3.8) is 0 Å². The summed E-state index contributed by atoms with van der Waals surface area (Å²) in [5.41, 5.74) is 2.64. The Hall–Kier alpha value is -3.43. The van der Waals surface area contributed by atoms with Crippen molar-refractivity contribution in [2.75, 3.05) is 0 Å². The van der Waals surface area contributed by atoms with Crippen molar-refractivity contribution in [3.05, 3.63) is 53.0 Å². The molecule has 3 aromatic heterocycles. The third kappa shape index (κ3) is 3.31. The Kier molecular flexibility index (Phi) is 4.28. The van der Waals surface area contributed by atoms with Crippen LogP contribution in [0.15, 0.2) is 30.5 Å². The second kappa shape index (κ2) is 6.79. The topological polar surface area (TPSA) is 81.6 Å². The van der Waals surface area contributed by atoms with Crippen LogP contribution in [-0.4, -0.2) is 34.9 Å². The highest BCUT2D eigenvalue weighted by Crippen LogP contribution is 2.39. The fraction of sp³-hybridized carbons (Fsp3) is 0.333. The molecule has 0 bridgehead atoms. The fourth-order valence-corrected chi connectivity index (χ4v) is 4.23. The molecule has 1 aliphatic rings. The molecule has 1 atom stereocenters. The molecule has 1 N–H and O–H groups in total. The van der Waals surface area contributed by atoms with Crippen molar-refractivity contribution in [3.8, 4) is 17.0 Å². The molecule has 160 valence electrons. The molecule has 0 saturated carbocycles. The van der Waals surface area contributed by atoms with E-state index in [0.717, 1.165) is 48.2 Å². The molecule has 0 aliphatic heterocycles. The number of phenols is 1. The van der Waals surface area contributed by atoms with Gasteiger partial charge in [-0.3, -0.25) is 9.36 Å². The summed E-state index contributed by atoms with van der Waals surface area (Å²) >= 11 is 0. The molecule has 31 heavy (non-hydrogen) atoms. The number of phenolic OH excluding ortho intramolecular Hbond substituents is 1. The number of hydrogen-bond donors (Lipinski definition) is 1. The summed E-state index contributed by atoms with van der Waals surface area (Å²) in [6.45, 7) is 1.52. The van der Waals surface area contributed by atoms with Crippen molar-refractivity contribution in [1.29, 1.82) is 0 Å². The van der Waals surface area contributed by atoms with Crippen LogP contribution >= 0.6 is 0 Å². The second-order valence-corrected chi connectivity index (χ2v) is 7.91. The largest absolute Gasteiger partial charge is 0.507 e. The molecule has 7 nitrogen and oxygen atoms in total. The van der Waals surface area contributed by atoms with Gasteiger partial charge in [0.1, 0.15) is 5.75 Å². The molecule has 3 heterocycles. The first kappa shape index (κ1) is 19.5. The van der Waals surface area contributed by atoms with E-state index in [9.17, 15) is 18.3 Å². The highest BCUT2D eigenvalue weighted by Gasteiger charge is 2.32. The Morgan fingerprint density at radius 2 is 2.00 bits per heavy atom. The maximum Gasteiger partial charge on any atom is 0.416 e. The smallest absolute Gasteiger partial charge is 0.416 e. The van der Waals surface area contributed by atoms with Gasteiger partial charge in [-0.1, -0.05) is 5.21 Å². The van der Waals surface area contributed by atoms with Gasteiger partial charge in [0.2, 0.25) is 0 Å². The molecule has 10 heteroatoms. The van der Waals surface area contributed by atoms with Crippen LogP contribution in [-0.2, 0) is 26.1 Å². The van der Waals surface area contributed by atoms with E-state index in [-0.39, 0.29) is 11.6 Å². The summed E-state index contributed by atoms with van der Waals surface area (Å²) in [7, 11) is 1.88. The van der Waals surface area contributed by atoms with E-state index in [1.807, 2.05) is 24.0 Å². The van der Waals surface area contributed by atoms with Crippen LogP contribution in [0.1, 0.15) is 35.0 Å². The number of hydrogen-bond acceptors (Lipinski definition) is 5. The summed E-state index contributed by atoms with van der Waals surface area (Å²) in [6.07, 6.45) is -0.142. The molecule has 0 spiro atoms. The first-order valence-electron chi connectivity index (χ1n) is 9.85. The van der Waals surface area contributed by atoms with E-state index in [2.05, 4.69) is 20.4 Å². The Labute approximate surface area is 175 Å². The van der Waals surface area contributed by atoms with Gasteiger partial charge in [0, 0.05) is 30.6 Å². The second-order valence-electron chi connectivity index (χ2n) is 7.91. The third-order valence-electron chi connectivity index (χ3n) is 5.83. The van der Waals surface area contributed by atoms with Gasteiger partial charge in [-0.05, 0) is 49.6 Å². The quantitative estimate of drug-likeness (QED) is 0.522. The molecule has 0 saturated heterocycles. The number of nitrogens with zero attached hydrogens (tertiary/aromatic N) is 6. The van der Waals surface area contributed by atoms with Crippen LogP contribution in [0, 0.1) is 6.92 Å². The Balaban J connectivity index is 1.50. The monoisotopic (exact) mass is 428 g/mol. The molecular weight excluding hydrogens is 409 g/mol. The number of aromatic hydroxyl groups is 1. The predicted octanol–water partition coefficient (Wildman–Crippen LogP) is 3.99.